The van der Waals surface area contributed by atoms with Gasteiger partial charge < -0.3 is 9.47 Å². The first-order chi connectivity index (χ1) is 7.72. The molecule has 0 atom stereocenters. The molecule has 0 saturated carbocycles. The Labute approximate surface area is 105 Å². The van der Waals surface area contributed by atoms with Crippen LogP contribution in [0.1, 0.15) is 0 Å². The van der Waals surface area contributed by atoms with E-state index in [0.29, 0.717) is 5.95 Å². The van der Waals surface area contributed by atoms with Gasteiger partial charge in [-0.3, -0.25) is 0 Å². The molecule has 2 aromatic heterocycles. The van der Waals surface area contributed by atoms with Gasteiger partial charge in [0.2, 0.25) is 0 Å². The number of hydrogen-bond acceptors (Lipinski definition) is 6. The summed E-state index contributed by atoms with van der Waals surface area (Å²) in [6.07, 6.45) is 3.48. The lowest BCUT2D eigenvalue weighted by atomic mass is 10.7. The molecule has 0 aromatic carbocycles. The first kappa shape index (κ1) is 11.0. The van der Waals surface area contributed by atoms with Crippen molar-refractivity contribution in [2.24, 2.45) is 0 Å². The van der Waals surface area contributed by atoms with E-state index >= 15 is 0 Å². The third-order valence-corrected chi connectivity index (χ3v) is 2.26. The van der Waals surface area contributed by atoms with Crippen LogP contribution in [0.2, 0.25) is 0 Å². The predicted octanol–water partition coefficient (Wildman–Crippen LogP) is 0.679. The molecule has 0 amide bonds. The molecule has 0 fully saturated rings. The highest BCUT2D eigenvalue weighted by molar-refractivity contribution is 14.1. The van der Waals surface area contributed by atoms with Crippen molar-refractivity contribution < 1.29 is 9.47 Å². The third-order valence-electron chi connectivity index (χ3n) is 1.70. The number of rotatable bonds is 3. The van der Waals surface area contributed by atoms with E-state index in [0.717, 1.165) is 3.57 Å². The molecule has 2 heterocycles. The molecule has 2 aromatic rings. The zero-order valence-electron chi connectivity index (χ0n) is 8.59. The Hall–Kier alpha value is -1.45. The molecular weight excluding hydrogens is 325 g/mol. The Balaban J connectivity index is 2.47. The fourth-order valence-electron chi connectivity index (χ4n) is 1.02. The minimum atomic E-state index is 0.187. The monoisotopic (exact) mass is 333 g/mol. The van der Waals surface area contributed by atoms with Gasteiger partial charge in [0.15, 0.2) is 0 Å². The average molecular weight is 333 g/mol. The van der Waals surface area contributed by atoms with Gasteiger partial charge in [0.1, 0.15) is 0 Å². The Morgan fingerprint density at radius 2 is 1.75 bits per heavy atom. The maximum absolute atomic E-state index is 4.94. The van der Waals surface area contributed by atoms with Crippen molar-refractivity contribution in [1.29, 1.82) is 0 Å². The third kappa shape index (κ3) is 2.21. The molecule has 0 bridgehead atoms. The number of aromatic nitrogens is 5. The SMILES string of the molecule is COc1nc(OC)nc(-n2cc(I)cn2)n1. The normalized spacial score (nSPS) is 10.2. The second-order valence-electron chi connectivity index (χ2n) is 2.71. The van der Waals surface area contributed by atoms with Gasteiger partial charge in [-0.1, -0.05) is 0 Å². The smallest absolute Gasteiger partial charge is 0.324 e. The van der Waals surface area contributed by atoms with Gasteiger partial charge in [-0.2, -0.15) is 15.1 Å². The first-order valence-corrected chi connectivity index (χ1v) is 5.35. The van der Waals surface area contributed by atoms with Gasteiger partial charge >= 0.3 is 12.0 Å². The van der Waals surface area contributed by atoms with E-state index in [2.05, 4.69) is 42.6 Å². The van der Waals surface area contributed by atoms with Crippen LogP contribution in [0.3, 0.4) is 0 Å². The van der Waals surface area contributed by atoms with Crippen LogP contribution < -0.4 is 9.47 Å². The molecule has 0 aliphatic carbocycles. The van der Waals surface area contributed by atoms with Crippen LogP contribution in [0.4, 0.5) is 0 Å². The molecule has 8 heteroatoms. The van der Waals surface area contributed by atoms with Crippen molar-refractivity contribution in [2.45, 2.75) is 0 Å². The van der Waals surface area contributed by atoms with Gasteiger partial charge in [-0.05, 0) is 22.6 Å². The van der Waals surface area contributed by atoms with Crippen LogP contribution in [-0.2, 0) is 0 Å². The second kappa shape index (κ2) is 4.60. The van der Waals surface area contributed by atoms with E-state index in [1.807, 2.05) is 0 Å². The maximum Gasteiger partial charge on any atom is 0.324 e. The van der Waals surface area contributed by atoms with Gasteiger partial charge in [-0.15, -0.1) is 4.98 Å². The minimum Gasteiger partial charge on any atom is -0.467 e. The van der Waals surface area contributed by atoms with Crippen molar-refractivity contribution in [3.05, 3.63) is 16.0 Å². The lowest BCUT2D eigenvalue weighted by molar-refractivity contribution is 0.338. The molecule has 0 aliphatic rings. The van der Waals surface area contributed by atoms with Crippen LogP contribution in [0.15, 0.2) is 12.4 Å². The Bertz CT molecular complexity index is 479. The Kier molecular flexibility index (Phi) is 3.17. The van der Waals surface area contributed by atoms with Crippen molar-refractivity contribution >= 4 is 22.6 Å². The van der Waals surface area contributed by atoms with Crippen molar-refractivity contribution in [1.82, 2.24) is 24.7 Å². The fraction of sp³-hybridized carbons (Fsp3) is 0.250. The summed E-state index contributed by atoms with van der Waals surface area (Å²) in [4.78, 5) is 12.0. The van der Waals surface area contributed by atoms with Gasteiger partial charge in [0.25, 0.3) is 5.95 Å². The van der Waals surface area contributed by atoms with Crippen molar-refractivity contribution in [2.75, 3.05) is 14.2 Å². The lowest BCUT2D eigenvalue weighted by Gasteiger charge is -2.04. The summed E-state index contributed by atoms with van der Waals surface area (Å²) in [5.74, 6) is 0.353. The van der Waals surface area contributed by atoms with Crippen LogP contribution in [-0.4, -0.2) is 39.0 Å². The van der Waals surface area contributed by atoms with Crippen LogP contribution in [0.5, 0.6) is 12.0 Å². The van der Waals surface area contributed by atoms with Gasteiger partial charge in [0, 0.05) is 6.20 Å². The molecule has 0 radical (unpaired) electrons. The predicted molar refractivity (Wildman–Crippen MR) is 62.8 cm³/mol. The summed E-state index contributed by atoms with van der Waals surface area (Å²) in [5.41, 5.74) is 0. The first-order valence-electron chi connectivity index (χ1n) is 4.27. The molecule has 0 N–H and O–H groups in total. The number of halogens is 1. The number of methoxy groups -OCH3 is 2. The van der Waals surface area contributed by atoms with E-state index in [-0.39, 0.29) is 12.0 Å². The molecule has 0 unspecified atom stereocenters. The lowest BCUT2D eigenvalue weighted by Crippen LogP contribution is -2.06. The molecule has 16 heavy (non-hydrogen) atoms. The quantitative estimate of drug-likeness (QED) is 0.769. The number of hydrogen-bond donors (Lipinski definition) is 0. The summed E-state index contributed by atoms with van der Waals surface area (Å²) in [5, 5.41) is 4.08. The van der Waals surface area contributed by atoms with Crippen LogP contribution in [0.25, 0.3) is 5.95 Å². The van der Waals surface area contributed by atoms with Crippen LogP contribution >= 0.6 is 22.6 Å². The average Bonchev–Trinajstić information content (AvgIpc) is 2.75. The molecule has 7 nitrogen and oxygen atoms in total. The second-order valence-corrected chi connectivity index (χ2v) is 3.96. The summed E-state index contributed by atoms with van der Waals surface area (Å²) in [7, 11) is 2.96. The van der Waals surface area contributed by atoms with E-state index < -0.39 is 0 Å². The van der Waals surface area contributed by atoms with Crippen molar-refractivity contribution in [3.8, 4) is 18.0 Å². The summed E-state index contributed by atoms with van der Waals surface area (Å²) in [6.45, 7) is 0. The zero-order chi connectivity index (χ0) is 11.5. The highest BCUT2D eigenvalue weighted by Crippen LogP contribution is 2.12. The molecule has 0 saturated heterocycles. The topological polar surface area (TPSA) is 75.0 Å². The molecule has 2 rings (SSSR count). The minimum absolute atomic E-state index is 0.187. The fourth-order valence-corrected chi connectivity index (χ4v) is 1.41. The van der Waals surface area contributed by atoms with Gasteiger partial charge in [0.05, 0.1) is 24.0 Å². The zero-order valence-corrected chi connectivity index (χ0v) is 10.7. The van der Waals surface area contributed by atoms with Gasteiger partial charge in [-0.25, -0.2) is 4.68 Å². The highest BCUT2D eigenvalue weighted by Gasteiger charge is 2.09. The van der Waals surface area contributed by atoms with E-state index in [9.17, 15) is 0 Å². The Morgan fingerprint density at radius 3 is 2.19 bits per heavy atom. The summed E-state index contributed by atoms with van der Waals surface area (Å²) < 4.78 is 12.4. The van der Waals surface area contributed by atoms with Crippen molar-refractivity contribution in [3.63, 3.8) is 0 Å². The summed E-state index contributed by atoms with van der Waals surface area (Å²) >= 11 is 2.15. The largest absolute Gasteiger partial charge is 0.467 e. The van der Waals surface area contributed by atoms with E-state index in [4.69, 9.17) is 9.47 Å². The number of ether oxygens (including phenoxy) is 2. The molecule has 0 aliphatic heterocycles. The highest BCUT2D eigenvalue weighted by atomic mass is 127. The van der Waals surface area contributed by atoms with Crippen LogP contribution in [0, 0.1) is 3.57 Å². The standard InChI is InChI=1S/C8H8IN5O2/c1-15-7-11-6(12-8(13-7)16-2)14-4-5(9)3-10-14/h3-4H,1-2H3. The summed E-state index contributed by atoms with van der Waals surface area (Å²) in [6, 6.07) is 0.375. The molecule has 0 spiro atoms. The van der Waals surface area contributed by atoms with E-state index in [1.54, 1.807) is 12.4 Å². The maximum atomic E-state index is 4.94. The molecule has 84 valence electrons. The van der Waals surface area contributed by atoms with E-state index in [1.165, 1.54) is 18.9 Å². The molecular formula is C8H8IN5O2. The Morgan fingerprint density at radius 1 is 1.12 bits per heavy atom. The number of nitrogens with zero attached hydrogens (tertiary/aromatic N) is 5.